The van der Waals surface area contributed by atoms with Crippen molar-refractivity contribution in [3.05, 3.63) is 0 Å². The molecule has 0 aliphatic carbocycles. The molecule has 17 heavy (non-hydrogen) atoms. The molecule has 96 valence electrons. The van der Waals surface area contributed by atoms with Crippen molar-refractivity contribution < 1.29 is 19.1 Å². The number of hydrazine groups is 1. The number of ether oxygens (including phenoxy) is 1. The number of carbonyl (C=O) groups excluding carboxylic acids is 3. The Hall–Kier alpha value is -1.67. The second-order valence-corrected chi connectivity index (χ2v) is 3.61. The quantitative estimate of drug-likeness (QED) is 0.212. The molecule has 0 saturated carbocycles. The minimum absolute atomic E-state index is 0.244. The highest BCUT2D eigenvalue weighted by Gasteiger charge is 2.25. The first kappa shape index (κ1) is 13.4. The zero-order valence-electron chi connectivity index (χ0n) is 9.56. The van der Waals surface area contributed by atoms with Crippen LogP contribution in [0.25, 0.3) is 0 Å². The Morgan fingerprint density at radius 2 is 1.82 bits per heavy atom. The highest BCUT2D eigenvalue weighted by Crippen LogP contribution is 2.00. The summed E-state index contributed by atoms with van der Waals surface area (Å²) >= 11 is 0. The van der Waals surface area contributed by atoms with Crippen LogP contribution in [-0.2, 0) is 19.1 Å². The molecule has 0 bridgehead atoms. The Kier molecular flexibility index (Phi) is 4.85. The summed E-state index contributed by atoms with van der Waals surface area (Å²) in [6, 6.07) is -0.766. The van der Waals surface area contributed by atoms with E-state index in [0.717, 1.165) is 0 Å². The van der Waals surface area contributed by atoms with E-state index in [2.05, 4.69) is 5.32 Å². The molecule has 1 atom stereocenters. The van der Waals surface area contributed by atoms with E-state index in [0.29, 0.717) is 26.3 Å². The van der Waals surface area contributed by atoms with E-state index in [9.17, 15) is 14.4 Å². The maximum atomic E-state index is 11.8. The van der Waals surface area contributed by atoms with Crippen LogP contribution in [0, 0.1) is 0 Å². The summed E-state index contributed by atoms with van der Waals surface area (Å²) in [4.78, 5) is 35.4. The van der Waals surface area contributed by atoms with Gasteiger partial charge < -0.3 is 15.0 Å². The van der Waals surface area contributed by atoms with Crippen LogP contribution in [0.3, 0.4) is 0 Å². The third kappa shape index (κ3) is 3.68. The van der Waals surface area contributed by atoms with Gasteiger partial charge in [0.15, 0.2) is 0 Å². The van der Waals surface area contributed by atoms with Crippen LogP contribution in [-0.4, -0.2) is 55.0 Å². The van der Waals surface area contributed by atoms with Crippen LogP contribution in [0.15, 0.2) is 0 Å². The Labute approximate surface area is 98.4 Å². The maximum Gasteiger partial charge on any atom is 0.323 e. The van der Waals surface area contributed by atoms with Gasteiger partial charge in [-0.15, -0.1) is 0 Å². The Morgan fingerprint density at radius 1 is 1.24 bits per heavy atom. The first-order valence-electron chi connectivity index (χ1n) is 5.24. The van der Waals surface area contributed by atoms with Gasteiger partial charge in [0.2, 0.25) is 5.91 Å². The number of hydrogen-bond acceptors (Lipinski definition) is 5. The van der Waals surface area contributed by atoms with Crippen LogP contribution in [0.5, 0.6) is 0 Å². The topological polar surface area (TPSA) is 114 Å². The molecule has 0 aromatic carbocycles. The minimum Gasteiger partial charge on any atom is -0.378 e. The lowest BCUT2D eigenvalue weighted by Gasteiger charge is -2.29. The molecule has 1 heterocycles. The Bertz CT molecular complexity index is 314. The standard InChI is InChI=1S/C9H16N4O4/c1-6(11-7(14)8(15)12-10)9(16)13-2-4-17-5-3-13/h6H,2-5,10H2,1H3,(H,11,14)(H,12,15). The fraction of sp³-hybridized carbons (Fsp3) is 0.667. The summed E-state index contributed by atoms with van der Waals surface area (Å²) in [6.07, 6.45) is 0. The molecule has 0 aromatic heterocycles. The van der Waals surface area contributed by atoms with Gasteiger partial charge >= 0.3 is 11.8 Å². The first-order chi connectivity index (χ1) is 8.06. The van der Waals surface area contributed by atoms with Crippen molar-refractivity contribution in [1.29, 1.82) is 0 Å². The molecule has 1 aliphatic heterocycles. The van der Waals surface area contributed by atoms with Crippen molar-refractivity contribution in [1.82, 2.24) is 15.6 Å². The van der Waals surface area contributed by atoms with Gasteiger partial charge in [0, 0.05) is 13.1 Å². The lowest BCUT2D eigenvalue weighted by atomic mass is 10.2. The van der Waals surface area contributed by atoms with Gasteiger partial charge in [-0.05, 0) is 6.92 Å². The normalized spacial score (nSPS) is 17.2. The highest BCUT2D eigenvalue weighted by atomic mass is 16.5. The number of rotatable bonds is 2. The summed E-state index contributed by atoms with van der Waals surface area (Å²) in [5.41, 5.74) is 1.69. The summed E-state index contributed by atoms with van der Waals surface area (Å²) in [7, 11) is 0. The number of nitrogens with two attached hydrogens (primary N) is 1. The van der Waals surface area contributed by atoms with Gasteiger partial charge in [0.05, 0.1) is 13.2 Å². The molecule has 1 aliphatic rings. The molecular weight excluding hydrogens is 228 g/mol. The average molecular weight is 244 g/mol. The second kappa shape index (κ2) is 6.16. The molecule has 8 nitrogen and oxygen atoms in total. The number of carbonyl (C=O) groups is 3. The number of hydrogen-bond donors (Lipinski definition) is 3. The number of morpholine rings is 1. The van der Waals surface area contributed by atoms with Crippen molar-refractivity contribution in [3.8, 4) is 0 Å². The SMILES string of the molecule is CC(NC(=O)C(=O)NN)C(=O)N1CCOCC1. The van der Waals surface area contributed by atoms with Gasteiger partial charge in [-0.2, -0.15) is 0 Å². The summed E-state index contributed by atoms with van der Waals surface area (Å²) in [6.45, 7) is 3.45. The second-order valence-electron chi connectivity index (χ2n) is 3.61. The molecule has 0 spiro atoms. The van der Waals surface area contributed by atoms with Gasteiger partial charge in [-0.25, -0.2) is 5.84 Å². The van der Waals surface area contributed by atoms with Crippen molar-refractivity contribution in [3.63, 3.8) is 0 Å². The van der Waals surface area contributed by atoms with E-state index < -0.39 is 17.9 Å². The van der Waals surface area contributed by atoms with Gasteiger partial charge in [0.25, 0.3) is 0 Å². The smallest absolute Gasteiger partial charge is 0.323 e. The summed E-state index contributed by atoms with van der Waals surface area (Å²) < 4.78 is 5.10. The zero-order valence-corrected chi connectivity index (χ0v) is 9.56. The molecule has 0 aromatic rings. The molecule has 8 heteroatoms. The van der Waals surface area contributed by atoms with E-state index in [-0.39, 0.29) is 5.91 Å². The van der Waals surface area contributed by atoms with E-state index in [1.165, 1.54) is 6.92 Å². The lowest BCUT2D eigenvalue weighted by molar-refractivity contribution is -0.143. The summed E-state index contributed by atoms with van der Waals surface area (Å²) in [5.74, 6) is 2.64. The minimum atomic E-state index is -0.980. The molecular formula is C9H16N4O4. The van der Waals surface area contributed by atoms with Crippen LogP contribution in [0.4, 0.5) is 0 Å². The van der Waals surface area contributed by atoms with Gasteiger partial charge in [-0.1, -0.05) is 0 Å². The van der Waals surface area contributed by atoms with Crippen LogP contribution in [0.2, 0.25) is 0 Å². The Morgan fingerprint density at radius 3 is 2.35 bits per heavy atom. The van der Waals surface area contributed by atoms with E-state index in [1.54, 1.807) is 10.3 Å². The average Bonchev–Trinajstić information content (AvgIpc) is 2.37. The number of amides is 3. The Balaban J connectivity index is 2.45. The van der Waals surface area contributed by atoms with Crippen molar-refractivity contribution >= 4 is 17.7 Å². The maximum absolute atomic E-state index is 11.8. The van der Waals surface area contributed by atoms with Gasteiger partial charge in [-0.3, -0.25) is 19.8 Å². The van der Waals surface area contributed by atoms with Crippen LogP contribution in [0.1, 0.15) is 6.92 Å². The predicted molar refractivity (Wildman–Crippen MR) is 57.3 cm³/mol. The first-order valence-corrected chi connectivity index (χ1v) is 5.24. The predicted octanol–water partition coefficient (Wildman–Crippen LogP) is -2.66. The molecule has 1 unspecified atom stereocenters. The lowest BCUT2D eigenvalue weighted by Crippen LogP contribution is -2.53. The van der Waals surface area contributed by atoms with Crippen molar-refractivity contribution in [2.45, 2.75) is 13.0 Å². The third-order valence-electron chi connectivity index (χ3n) is 2.38. The van der Waals surface area contributed by atoms with Crippen molar-refractivity contribution in [2.75, 3.05) is 26.3 Å². The highest BCUT2D eigenvalue weighted by molar-refractivity contribution is 6.35. The molecule has 1 saturated heterocycles. The molecule has 1 rings (SSSR count). The van der Waals surface area contributed by atoms with Crippen LogP contribution < -0.4 is 16.6 Å². The van der Waals surface area contributed by atoms with Crippen molar-refractivity contribution in [2.24, 2.45) is 5.84 Å². The fourth-order valence-corrected chi connectivity index (χ4v) is 1.45. The molecule has 4 N–H and O–H groups in total. The molecule has 1 fully saturated rings. The molecule has 3 amide bonds. The van der Waals surface area contributed by atoms with Gasteiger partial charge in [0.1, 0.15) is 6.04 Å². The summed E-state index contributed by atoms with van der Waals surface area (Å²) in [5, 5.41) is 2.26. The van der Waals surface area contributed by atoms with E-state index in [4.69, 9.17) is 10.6 Å². The zero-order chi connectivity index (χ0) is 12.8. The third-order valence-corrected chi connectivity index (χ3v) is 2.38. The largest absolute Gasteiger partial charge is 0.378 e. The number of nitrogens with zero attached hydrogens (tertiary/aromatic N) is 1. The van der Waals surface area contributed by atoms with E-state index >= 15 is 0 Å². The van der Waals surface area contributed by atoms with E-state index in [1.807, 2.05) is 0 Å². The van der Waals surface area contributed by atoms with Crippen LogP contribution >= 0.6 is 0 Å². The fourth-order valence-electron chi connectivity index (χ4n) is 1.45. The molecule has 0 radical (unpaired) electrons. The monoisotopic (exact) mass is 244 g/mol. The number of nitrogens with one attached hydrogen (secondary N) is 2.